The molecule has 2 aromatic rings. The molecular weight excluding hydrogens is 260 g/mol. The van der Waals surface area contributed by atoms with Crippen LogP contribution in [0, 0.1) is 6.92 Å². The molecule has 0 atom stereocenters. The molecule has 4 nitrogen and oxygen atoms in total. The molecule has 19 heavy (non-hydrogen) atoms. The smallest absolute Gasteiger partial charge is 0.138 e. The highest BCUT2D eigenvalue weighted by atomic mass is 35.5. The van der Waals surface area contributed by atoms with Crippen LogP contribution < -0.4 is 10.6 Å². The van der Waals surface area contributed by atoms with Crippen LogP contribution in [-0.4, -0.2) is 16.5 Å². The monoisotopic (exact) mass is 276 g/mol. The number of benzene rings is 1. The predicted octanol–water partition coefficient (Wildman–Crippen LogP) is 4.00. The minimum Gasteiger partial charge on any atom is -0.370 e. The maximum absolute atomic E-state index is 5.86. The van der Waals surface area contributed by atoms with Gasteiger partial charge >= 0.3 is 0 Å². The van der Waals surface area contributed by atoms with Gasteiger partial charge in [0.15, 0.2) is 0 Å². The summed E-state index contributed by atoms with van der Waals surface area (Å²) in [5.74, 6) is 1.67. The number of nitrogens with one attached hydrogen (secondary N) is 2. The van der Waals surface area contributed by atoms with Crippen molar-refractivity contribution in [2.24, 2.45) is 0 Å². The van der Waals surface area contributed by atoms with E-state index in [1.165, 1.54) is 0 Å². The van der Waals surface area contributed by atoms with Crippen LogP contribution in [0.3, 0.4) is 0 Å². The lowest BCUT2D eigenvalue weighted by Gasteiger charge is -2.12. The zero-order valence-corrected chi connectivity index (χ0v) is 11.8. The minimum absolute atomic E-state index is 0.718. The molecule has 0 bridgehead atoms. The van der Waals surface area contributed by atoms with Crippen molar-refractivity contribution >= 4 is 28.9 Å². The highest BCUT2D eigenvalue weighted by Gasteiger charge is 2.06. The summed E-state index contributed by atoms with van der Waals surface area (Å²) >= 11 is 5.86. The fourth-order valence-electron chi connectivity index (χ4n) is 1.67. The van der Waals surface area contributed by atoms with E-state index in [-0.39, 0.29) is 0 Å². The third-order valence-corrected chi connectivity index (χ3v) is 2.99. The number of aromatic nitrogens is 2. The second-order valence-corrected chi connectivity index (χ2v) is 4.69. The molecule has 0 spiro atoms. The summed E-state index contributed by atoms with van der Waals surface area (Å²) < 4.78 is 0. The van der Waals surface area contributed by atoms with Crippen LogP contribution in [0.2, 0.25) is 5.02 Å². The molecule has 1 aromatic heterocycles. The van der Waals surface area contributed by atoms with Crippen molar-refractivity contribution in [3.63, 3.8) is 0 Å². The van der Waals surface area contributed by atoms with Crippen LogP contribution in [0.1, 0.15) is 18.9 Å². The van der Waals surface area contributed by atoms with Crippen molar-refractivity contribution in [3.8, 4) is 0 Å². The quantitative estimate of drug-likeness (QED) is 0.866. The first-order valence-electron chi connectivity index (χ1n) is 6.28. The molecule has 2 N–H and O–H groups in total. The van der Waals surface area contributed by atoms with Crippen molar-refractivity contribution in [2.45, 2.75) is 20.3 Å². The summed E-state index contributed by atoms with van der Waals surface area (Å²) in [4.78, 5) is 8.52. The summed E-state index contributed by atoms with van der Waals surface area (Å²) in [6.45, 7) is 5.02. The number of nitrogens with zero attached hydrogens (tertiary/aromatic N) is 2. The molecule has 0 aliphatic heterocycles. The van der Waals surface area contributed by atoms with Gasteiger partial charge < -0.3 is 10.6 Å². The van der Waals surface area contributed by atoms with Crippen molar-refractivity contribution in [1.82, 2.24) is 9.97 Å². The SMILES string of the molecule is CCCNc1ncnc(Nc2ccc(Cl)cc2)c1C. The first-order valence-corrected chi connectivity index (χ1v) is 6.66. The lowest BCUT2D eigenvalue weighted by atomic mass is 10.2. The third-order valence-electron chi connectivity index (χ3n) is 2.73. The Labute approximate surface area is 118 Å². The Balaban J connectivity index is 2.18. The summed E-state index contributed by atoms with van der Waals surface area (Å²) in [6, 6.07) is 7.53. The predicted molar refractivity (Wildman–Crippen MR) is 80.3 cm³/mol. The van der Waals surface area contributed by atoms with Gasteiger partial charge in [-0.3, -0.25) is 0 Å². The summed E-state index contributed by atoms with van der Waals surface area (Å²) in [5.41, 5.74) is 1.96. The molecule has 5 heteroatoms. The van der Waals surface area contributed by atoms with E-state index in [9.17, 15) is 0 Å². The van der Waals surface area contributed by atoms with Crippen molar-refractivity contribution in [2.75, 3.05) is 17.2 Å². The Bertz CT molecular complexity index is 540. The van der Waals surface area contributed by atoms with E-state index in [0.29, 0.717) is 0 Å². The lowest BCUT2D eigenvalue weighted by Crippen LogP contribution is -2.06. The zero-order chi connectivity index (χ0) is 13.7. The minimum atomic E-state index is 0.718. The van der Waals surface area contributed by atoms with Gasteiger partial charge in [-0.2, -0.15) is 0 Å². The third kappa shape index (κ3) is 3.58. The largest absolute Gasteiger partial charge is 0.370 e. The van der Waals surface area contributed by atoms with E-state index in [2.05, 4.69) is 27.5 Å². The molecule has 1 aromatic carbocycles. The van der Waals surface area contributed by atoms with Crippen LogP contribution in [0.15, 0.2) is 30.6 Å². The first-order chi connectivity index (χ1) is 9.20. The Hall–Kier alpha value is -1.81. The zero-order valence-electron chi connectivity index (χ0n) is 11.1. The number of hydrogen-bond acceptors (Lipinski definition) is 4. The van der Waals surface area contributed by atoms with E-state index in [1.54, 1.807) is 6.33 Å². The molecule has 0 saturated heterocycles. The molecule has 0 radical (unpaired) electrons. The summed E-state index contributed by atoms with van der Waals surface area (Å²) in [5, 5.41) is 7.27. The molecule has 1 heterocycles. The maximum atomic E-state index is 5.86. The van der Waals surface area contributed by atoms with E-state index < -0.39 is 0 Å². The van der Waals surface area contributed by atoms with E-state index in [1.807, 2.05) is 31.2 Å². The van der Waals surface area contributed by atoms with E-state index >= 15 is 0 Å². The molecule has 0 saturated carbocycles. The molecule has 100 valence electrons. The fraction of sp³-hybridized carbons (Fsp3) is 0.286. The van der Waals surface area contributed by atoms with Crippen molar-refractivity contribution in [1.29, 1.82) is 0 Å². The van der Waals surface area contributed by atoms with Gasteiger partial charge in [0.25, 0.3) is 0 Å². The van der Waals surface area contributed by atoms with E-state index in [0.717, 1.165) is 40.9 Å². The number of hydrogen-bond donors (Lipinski definition) is 2. The topological polar surface area (TPSA) is 49.8 Å². The Morgan fingerprint density at radius 1 is 1.11 bits per heavy atom. The molecule has 0 amide bonds. The first kappa shape index (κ1) is 13.6. The molecule has 0 unspecified atom stereocenters. The van der Waals surface area contributed by atoms with Gasteiger partial charge in [0.2, 0.25) is 0 Å². The van der Waals surface area contributed by atoms with Crippen molar-refractivity contribution in [3.05, 3.63) is 41.2 Å². The van der Waals surface area contributed by atoms with Gasteiger partial charge in [-0.25, -0.2) is 9.97 Å². The van der Waals surface area contributed by atoms with Gasteiger partial charge in [-0.1, -0.05) is 18.5 Å². The summed E-state index contributed by atoms with van der Waals surface area (Å²) in [7, 11) is 0. The maximum Gasteiger partial charge on any atom is 0.138 e. The van der Waals surface area contributed by atoms with Gasteiger partial charge in [0.1, 0.15) is 18.0 Å². The van der Waals surface area contributed by atoms with Gasteiger partial charge in [0.05, 0.1) is 0 Å². The number of rotatable bonds is 5. The van der Waals surface area contributed by atoms with E-state index in [4.69, 9.17) is 11.6 Å². The highest BCUT2D eigenvalue weighted by Crippen LogP contribution is 2.23. The molecular formula is C14H17ClN4. The van der Waals surface area contributed by atoms with Gasteiger partial charge in [-0.15, -0.1) is 0 Å². The normalized spacial score (nSPS) is 10.3. The Morgan fingerprint density at radius 3 is 2.47 bits per heavy atom. The Kier molecular flexibility index (Phi) is 4.58. The second-order valence-electron chi connectivity index (χ2n) is 4.25. The summed E-state index contributed by atoms with van der Waals surface area (Å²) in [6.07, 6.45) is 2.62. The highest BCUT2D eigenvalue weighted by molar-refractivity contribution is 6.30. The number of halogens is 1. The fourth-order valence-corrected chi connectivity index (χ4v) is 1.79. The van der Waals surface area contributed by atoms with Crippen LogP contribution >= 0.6 is 11.6 Å². The Morgan fingerprint density at radius 2 is 1.79 bits per heavy atom. The molecule has 0 aliphatic rings. The van der Waals surface area contributed by atoms with Crippen LogP contribution in [0.25, 0.3) is 0 Å². The van der Waals surface area contributed by atoms with Gasteiger partial charge in [0, 0.05) is 22.8 Å². The van der Waals surface area contributed by atoms with Crippen LogP contribution in [-0.2, 0) is 0 Å². The van der Waals surface area contributed by atoms with Gasteiger partial charge in [-0.05, 0) is 37.6 Å². The standard InChI is InChI=1S/C14H17ClN4/c1-3-8-16-13-10(2)14(18-9-17-13)19-12-6-4-11(15)5-7-12/h4-7,9H,3,8H2,1-2H3,(H2,16,17,18,19). The average Bonchev–Trinajstić information content (AvgIpc) is 2.42. The van der Waals surface area contributed by atoms with Crippen molar-refractivity contribution < 1.29 is 0 Å². The molecule has 2 rings (SSSR count). The van der Waals surface area contributed by atoms with Crippen LogP contribution in [0.5, 0.6) is 0 Å². The van der Waals surface area contributed by atoms with Crippen LogP contribution in [0.4, 0.5) is 17.3 Å². The number of anilines is 3. The lowest BCUT2D eigenvalue weighted by molar-refractivity contribution is 0.960. The molecule has 0 fully saturated rings. The molecule has 0 aliphatic carbocycles. The second kappa shape index (κ2) is 6.38. The average molecular weight is 277 g/mol.